The first-order chi connectivity index (χ1) is 15.1. The Hall–Kier alpha value is -3.79. The molecule has 0 saturated heterocycles. The monoisotopic (exact) mass is 414 g/mol. The third-order valence-electron chi connectivity index (χ3n) is 4.71. The molecule has 0 aliphatic rings. The lowest BCUT2D eigenvalue weighted by Crippen LogP contribution is -1.96. The zero-order valence-electron chi connectivity index (χ0n) is 18.0. The van der Waals surface area contributed by atoms with Crippen molar-refractivity contribution in [2.45, 2.75) is 6.92 Å². The van der Waals surface area contributed by atoms with Gasteiger partial charge >= 0.3 is 0 Å². The number of hydrogen-bond acceptors (Lipinski definition) is 4. The smallest absolute Gasteiger partial charge is 0.185 e. The van der Waals surface area contributed by atoms with Gasteiger partial charge in [0.1, 0.15) is 17.2 Å². The fourth-order valence-electron chi connectivity index (χ4n) is 3.11. The minimum atomic E-state index is -0.0695. The Labute approximate surface area is 183 Å². The zero-order valence-corrected chi connectivity index (χ0v) is 18.0. The second-order valence-electron chi connectivity index (χ2n) is 6.73. The van der Waals surface area contributed by atoms with Crippen molar-refractivity contribution < 1.29 is 19.0 Å². The van der Waals surface area contributed by atoms with E-state index in [2.05, 4.69) is 0 Å². The van der Waals surface area contributed by atoms with Crippen LogP contribution in [0.1, 0.15) is 34.0 Å². The van der Waals surface area contributed by atoms with E-state index < -0.39 is 0 Å². The molecule has 0 fully saturated rings. The average Bonchev–Trinajstić information content (AvgIpc) is 2.82. The van der Waals surface area contributed by atoms with Crippen molar-refractivity contribution >= 4 is 24.0 Å². The lowest BCUT2D eigenvalue weighted by molar-refractivity contribution is 0.104. The van der Waals surface area contributed by atoms with E-state index in [9.17, 15) is 4.79 Å². The van der Waals surface area contributed by atoms with E-state index in [0.29, 0.717) is 23.7 Å². The van der Waals surface area contributed by atoms with Gasteiger partial charge in [-0.25, -0.2) is 0 Å². The first kappa shape index (κ1) is 21.9. The van der Waals surface area contributed by atoms with E-state index in [4.69, 9.17) is 14.2 Å². The van der Waals surface area contributed by atoms with Crippen LogP contribution < -0.4 is 14.2 Å². The second-order valence-corrected chi connectivity index (χ2v) is 6.73. The van der Waals surface area contributed by atoms with Crippen LogP contribution in [-0.2, 0) is 0 Å². The summed E-state index contributed by atoms with van der Waals surface area (Å²) in [5.41, 5.74) is 3.34. The molecule has 0 spiro atoms. The molecule has 0 N–H and O–H groups in total. The molecule has 0 aliphatic carbocycles. The molecule has 0 amide bonds. The van der Waals surface area contributed by atoms with Gasteiger partial charge in [0.15, 0.2) is 5.78 Å². The molecule has 0 heterocycles. The van der Waals surface area contributed by atoms with Crippen molar-refractivity contribution in [2.24, 2.45) is 0 Å². The van der Waals surface area contributed by atoms with Crippen LogP contribution in [0.15, 0.2) is 72.8 Å². The Morgan fingerprint density at radius 1 is 0.839 bits per heavy atom. The van der Waals surface area contributed by atoms with Crippen LogP contribution in [0.3, 0.4) is 0 Å². The van der Waals surface area contributed by atoms with Crippen LogP contribution in [0, 0.1) is 0 Å². The van der Waals surface area contributed by atoms with Crippen molar-refractivity contribution in [3.05, 3.63) is 95.1 Å². The Morgan fingerprint density at radius 2 is 1.58 bits per heavy atom. The summed E-state index contributed by atoms with van der Waals surface area (Å²) >= 11 is 0. The molecular weight excluding hydrogens is 388 g/mol. The average molecular weight is 415 g/mol. The van der Waals surface area contributed by atoms with Gasteiger partial charge < -0.3 is 14.2 Å². The quantitative estimate of drug-likeness (QED) is 0.239. The molecule has 4 heteroatoms. The lowest BCUT2D eigenvalue weighted by atomic mass is 10.0. The number of benzene rings is 3. The van der Waals surface area contributed by atoms with Gasteiger partial charge in [0.25, 0.3) is 0 Å². The SMILES string of the molecule is CCOc1ccc(/C=C/c2cc(OC)cc(OC)c2/C=C/C(=O)c2ccccc2)cc1. The highest BCUT2D eigenvalue weighted by atomic mass is 16.5. The summed E-state index contributed by atoms with van der Waals surface area (Å²) in [6.07, 6.45) is 7.33. The minimum absolute atomic E-state index is 0.0695. The van der Waals surface area contributed by atoms with E-state index in [1.54, 1.807) is 44.6 Å². The van der Waals surface area contributed by atoms with Gasteiger partial charge in [-0.3, -0.25) is 4.79 Å². The van der Waals surface area contributed by atoms with Crippen molar-refractivity contribution in [3.63, 3.8) is 0 Å². The molecule has 3 aromatic rings. The number of hydrogen-bond donors (Lipinski definition) is 0. The van der Waals surface area contributed by atoms with Gasteiger partial charge in [-0.2, -0.15) is 0 Å². The first-order valence-electron chi connectivity index (χ1n) is 10.1. The maximum Gasteiger partial charge on any atom is 0.185 e. The highest BCUT2D eigenvalue weighted by Gasteiger charge is 2.10. The first-order valence-corrected chi connectivity index (χ1v) is 10.1. The molecule has 158 valence electrons. The van der Waals surface area contributed by atoms with Gasteiger partial charge in [0, 0.05) is 17.2 Å². The number of carbonyl (C=O) groups is 1. The van der Waals surface area contributed by atoms with Crippen molar-refractivity contribution in [1.29, 1.82) is 0 Å². The third kappa shape index (κ3) is 5.86. The summed E-state index contributed by atoms with van der Waals surface area (Å²) in [5.74, 6) is 2.07. The molecule has 0 unspecified atom stereocenters. The number of carbonyl (C=O) groups excluding carboxylic acids is 1. The fraction of sp³-hybridized carbons (Fsp3) is 0.148. The second kappa shape index (κ2) is 10.8. The summed E-state index contributed by atoms with van der Waals surface area (Å²) in [6, 6.07) is 20.8. The van der Waals surface area contributed by atoms with Gasteiger partial charge in [0.2, 0.25) is 0 Å². The van der Waals surface area contributed by atoms with Crippen LogP contribution >= 0.6 is 0 Å². The standard InChI is InChI=1S/C27H26O4/c1-4-31-23-14-11-20(12-15-23)10-13-22-18-24(29-2)19-27(30-3)25(22)16-17-26(28)21-8-6-5-7-9-21/h5-19H,4H2,1-3H3/b13-10+,17-16+. The predicted molar refractivity (Wildman–Crippen MR) is 126 cm³/mol. The highest BCUT2D eigenvalue weighted by Crippen LogP contribution is 2.31. The maximum atomic E-state index is 12.5. The molecule has 3 rings (SSSR count). The van der Waals surface area contributed by atoms with Crippen molar-refractivity contribution in [1.82, 2.24) is 0 Å². The Morgan fingerprint density at radius 3 is 2.23 bits per heavy atom. The minimum Gasteiger partial charge on any atom is -0.497 e. The summed E-state index contributed by atoms with van der Waals surface area (Å²) < 4.78 is 16.5. The molecule has 0 bridgehead atoms. The molecular formula is C27H26O4. The van der Waals surface area contributed by atoms with E-state index in [1.165, 1.54) is 0 Å². The van der Waals surface area contributed by atoms with E-state index in [0.717, 1.165) is 22.4 Å². The fourth-order valence-corrected chi connectivity index (χ4v) is 3.11. The van der Waals surface area contributed by atoms with Gasteiger partial charge in [0.05, 0.1) is 20.8 Å². The molecule has 0 aliphatic heterocycles. The number of rotatable bonds is 9. The van der Waals surface area contributed by atoms with Gasteiger partial charge in [-0.15, -0.1) is 0 Å². The van der Waals surface area contributed by atoms with Gasteiger partial charge in [-0.1, -0.05) is 54.6 Å². The normalized spacial score (nSPS) is 11.1. The van der Waals surface area contributed by atoms with E-state index >= 15 is 0 Å². The molecule has 3 aromatic carbocycles. The predicted octanol–water partition coefficient (Wildman–Crippen LogP) is 6.17. The summed E-state index contributed by atoms with van der Waals surface area (Å²) in [4.78, 5) is 12.5. The zero-order chi connectivity index (χ0) is 22.1. The van der Waals surface area contributed by atoms with Crippen molar-refractivity contribution in [3.8, 4) is 17.2 Å². The highest BCUT2D eigenvalue weighted by molar-refractivity contribution is 6.07. The van der Waals surface area contributed by atoms with Crippen LogP contribution in [0.5, 0.6) is 17.2 Å². The summed E-state index contributed by atoms with van der Waals surface area (Å²) in [7, 11) is 3.22. The molecule has 0 atom stereocenters. The van der Waals surface area contributed by atoms with Crippen LogP contribution in [0.4, 0.5) is 0 Å². The third-order valence-corrected chi connectivity index (χ3v) is 4.71. The molecule has 0 saturated carbocycles. The van der Waals surface area contributed by atoms with Crippen LogP contribution in [0.25, 0.3) is 18.2 Å². The lowest BCUT2D eigenvalue weighted by Gasteiger charge is -2.11. The number of ether oxygens (including phenoxy) is 3. The largest absolute Gasteiger partial charge is 0.497 e. The van der Waals surface area contributed by atoms with Crippen LogP contribution in [-0.4, -0.2) is 26.6 Å². The Kier molecular flexibility index (Phi) is 7.66. The number of methoxy groups -OCH3 is 2. The molecule has 4 nitrogen and oxygen atoms in total. The molecule has 31 heavy (non-hydrogen) atoms. The number of ketones is 1. The van der Waals surface area contributed by atoms with Gasteiger partial charge in [-0.05, 0) is 48.4 Å². The molecule has 0 radical (unpaired) electrons. The Bertz CT molecular complexity index is 1060. The Balaban J connectivity index is 1.94. The summed E-state index contributed by atoms with van der Waals surface area (Å²) in [6.45, 7) is 2.60. The van der Waals surface area contributed by atoms with E-state index in [-0.39, 0.29) is 5.78 Å². The number of allylic oxidation sites excluding steroid dienone is 1. The summed E-state index contributed by atoms with van der Waals surface area (Å²) in [5, 5.41) is 0. The van der Waals surface area contributed by atoms with E-state index in [1.807, 2.05) is 67.6 Å². The topological polar surface area (TPSA) is 44.8 Å². The van der Waals surface area contributed by atoms with Crippen molar-refractivity contribution in [2.75, 3.05) is 20.8 Å². The maximum absolute atomic E-state index is 12.5. The molecule has 0 aromatic heterocycles. The van der Waals surface area contributed by atoms with Crippen LogP contribution in [0.2, 0.25) is 0 Å².